The summed E-state index contributed by atoms with van der Waals surface area (Å²) < 4.78 is 0. The molecular formula is C26H34N4O3. The Bertz CT molecular complexity index is 935. The van der Waals surface area contributed by atoms with Crippen LogP contribution in [0.5, 0.6) is 0 Å². The van der Waals surface area contributed by atoms with Gasteiger partial charge in [-0.25, -0.2) is 9.69 Å². The number of nitrogens with one attached hydrogen (secondary N) is 1. The Labute approximate surface area is 195 Å². The number of hydrogen-bond acceptors (Lipinski definition) is 4. The van der Waals surface area contributed by atoms with Crippen LogP contribution in [0.3, 0.4) is 0 Å². The van der Waals surface area contributed by atoms with Crippen molar-refractivity contribution in [2.45, 2.75) is 58.3 Å². The molecule has 2 aromatic rings. The molecule has 0 radical (unpaired) electrons. The van der Waals surface area contributed by atoms with Gasteiger partial charge in [0, 0.05) is 13.1 Å². The fraction of sp³-hybridized carbons (Fsp3) is 0.423. The van der Waals surface area contributed by atoms with Gasteiger partial charge in [0.25, 0.3) is 5.91 Å². The molecule has 2 aromatic carbocycles. The van der Waals surface area contributed by atoms with Gasteiger partial charge in [-0.15, -0.1) is 0 Å². The van der Waals surface area contributed by atoms with E-state index in [4.69, 9.17) is 5.73 Å². The predicted octanol–water partition coefficient (Wildman–Crippen LogP) is 3.29. The smallest absolute Gasteiger partial charge is 0.328 e. The number of amides is 4. The van der Waals surface area contributed by atoms with Crippen molar-refractivity contribution in [3.8, 4) is 0 Å². The van der Waals surface area contributed by atoms with Crippen LogP contribution in [0.25, 0.3) is 0 Å². The molecule has 3 atom stereocenters. The molecule has 1 saturated heterocycles. The Morgan fingerprint density at radius 3 is 2.21 bits per heavy atom. The number of urea groups is 1. The number of carbonyl (C=O) groups is 3. The fourth-order valence-electron chi connectivity index (χ4n) is 4.21. The molecule has 3 rings (SSSR count). The van der Waals surface area contributed by atoms with E-state index in [0.29, 0.717) is 38.9 Å². The second kappa shape index (κ2) is 11.6. The number of benzene rings is 2. The maximum Gasteiger partial charge on any atom is 0.328 e. The molecule has 1 aliphatic heterocycles. The molecule has 0 bridgehead atoms. The molecule has 176 valence electrons. The van der Waals surface area contributed by atoms with Gasteiger partial charge in [-0.05, 0) is 36.4 Å². The summed E-state index contributed by atoms with van der Waals surface area (Å²) in [4.78, 5) is 43.1. The normalized spacial score (nSPS) is 17.8. The third-order valence-corrected chi connectivity index (χ3v) is 6.27. The summed E-state index contributed by atoms with van der Waals surface area (Å²) in [6, 6.07) is 17.3. The van der Waals surface area contributed by atoms with Crippen LogP contribution in [0.2, 0.25) is 0 Å². The minimum absolute atomic E-state index is 0.180. The van der Waals surface area contributed by atoms with Gasteiger partial charge in [0.05, 0.1) is 0 Å². The van der Waals surface area contributed by atoms with Crippen LogP contribution >= 0.6 is 0 Å². The molecular weight excluding hydrogens is 416 g/mol. The maximum absolute atomic E-state index is 13.6. The highest BCUT2D eigenvalue weighted by Gasteiger charge is 2.50. The van der Waals surface area contributed by atoms with Crippen LogP contribution in [0, 0.1) is 5.92 Å². The summed E-state index contributed by atoms with van der Waals surface area (Å²) in [5.41, 5.74) is 7.59. The Morgan fingerprint density at radius 1 is 1.03 bits per heavy atom. The van der Waals surface area contributed by atoms with Crippen molar-refractivity contribution in [3.05, 3.63) is 71.8 Å². The van der Waals surface area contributed by atoms with E-state index in [2.05, 4.69) is 5.32 Å². The molecule has 1 heterocycles. The quantitative estimate of drug-likeness (QED) is 0.514. The third-order valence-electron chi connectivity index (χ3n) is 6.27. The molecule has 0 saturated carbocycles. The van der Waals surface area contributed by atoms with Crippen molar-refractivity contribution in [1.29, 1.82) is 0 Å². The zero-order valence-corrected chi connectivity index (χ0v) is 19.4. The molecule has 7 nitrogen and oxygen atoms in total. The lowest BCUT2D eigenvalue weighted by atomic mass is 9.96. The van der Waals surface area contributed by atoms with Gasteiger partial charge in [-0.2, -0.15) is 0 Å². The Hall–Kier alpha value is -3.19. The van der Waals surface area contributed by atoms with Crippen molar-refractivity contribution in [2.24, 2.45) is 11.7 Å². The highest BCUT2D eigenvalue weighted by molar-refractivity contribution is 6.07. The number of rotatable bonds is 11. The average Bonchev–Trinajstić information content (AvgIpc) is 3.06. The second-order valence-corrected chi connectivity index (χ2v) is 8.58. The Morgan fingerprint density at radius 2 is 1.64 bits per heavy atom. The molecule has 1 fully saturated rings. The fourth-order valence-corrected chi connectivity index (χ4v) is 4.21. The van der Waals surface area contributed by atoms with Gasteiger partial charge < -0.3 is 16.0 Å². The number of hydrogen-bond donors (Lipinski definition) is 2. The zero-order chi connectivity index (χ0) is 23.8. The van der Waals surface area contributed by atoms with Crippen molar-refractivity contribution in [3.63, 3.8) is 0 Å². The van der Waals surface area contributed by atoms with Crippen molar-refractivity contribution < 1.29 is 14.4 Å². The van der Waals surface area contributed by atoms with Crippen LogP contribution in [0.4, 0.5) is 4.79 Å². The Balaban J connectivity index is 1.85. The first-order valence-corrected chi connectivity index (χ1v) is 11.7. The van der Waals surface area contributed by atoms with Gasteiger partial charge in [0.15, 0.2) is 0 Å². The summed E-state index contributed by atoms with van der Waals surface area (Å²) >= 11 is 0. The number of nitrogens with two attached hydrogens (primary N) is 1. The lowest BCUT2D eigenvalue weighted by Gasteiger charge is -2.29. The van der Waals surface area contributed by atoms with Gasteiger partial charge in [-0.1, -0.05) is 80.9 Å². The largest absolute Gasteiger partial charge is 0.350 e. The Kier molecular flexibility index (Phi) is 8.60. The number of carbonyl (C=O) groups excluding carboxylic acids is 3. The van der Waals surface area contributed by atoms with E-state index in [1.54, 1.807) is 4.90 Å². The summed E-state index contributed by atoms with van der Waals surface area (Å²) in [5.74, 6) is -0.806. The molecule has 33 heavy (non-hydrogen) atoms. The van der Waals surface area contributed by atoms with E-state index >= 15 is 0 Å². The van der Waals surface area contributed by atoms with Gasteiger partial charge in [0.2, 0.25) is 5.91 Å². The molecule has 1 aliphatic rings. The van der Waals surface area contributed by atoms with Gasteiger partial charge >= 0.3 is 6.03 Å². The number of nitrogens with zero attached hydrogens (tertiary/aromatic N) is 2. The minimum atomic E-state index is -0.861. The first-order chi connectivity index (χ1) is 16.0. The summed E-state index contributed by atoms with van der Waals surface area (Å²) in [5, 5.41) is 2.93. The first kappa shape index (κ1) is 24.5. The van der Waals surface area contributed by atoms with Crippen molar-refractivity contribution in [2.75, 3.05) is 6.54 Å². The lowest BCUT2D eigenvalue weighted by Crippen LogP contribution is -2.53. The predicted molar refractivity (Wildman–Crippen MR) is 128 cm³/mol. The molecule has 3 N–H and O–H groups in total. The van der Waals surface area contributed by atoms with Crippen LogP contribution in [0.15, 0.2) is 60.7 Å². The van der Waals surface area contributed by atoms with Gasteiger partial charge in [-0.3, -0.25) is 9.59 Å². The van der Waals surface area contributed by atoms with E-state index in [1.165, 1.54) is 4.90 Å². The van der Waals surface area contributed by atoms with E-state index in [-0.39, 0.29) is 17.7 Å². The van der Waals surface area contributed by atoms with Crippen LogP contribution in [-0.2, 0) is 22.7 Å². The standard InChI is InChI=1S/C26H34N4O3/c1-3-19(2)23(24(31)28-17-20-11-6-4-7-12-20)30-25(32)22(15-10-16-27)29(26(30)33)18-21-13-8-5-9-14-21/h4-9,11-14,19,22-23H,3,10,15-18,27H2,1-2H3,(H,28,31)/t19-,22+,23+/m0/s1. The molecule has 0 aromatic heterocycles. The van der Waals surface area contributed by atoms with Crippen molar-refractivity contribution in [1.82, 2.24) is 15.1 Å². The average molecular weight is 451 g/mol. The third kappa shape index (κ3) is 5.79. The highest BCUT2D eigenvalue weighted by atomic mass is 16.2. The van der Waals surface area contributed by atoms with Crippen LogP contribution in [0.1, 0.15) is 44.2 Å². The molecule has 0 aliphatic carbocycles. The van der Waals surface area contributed by atoms with Crippen LogP contribution in [-0.4, -0.2) is 46.3 Å². The first-order valence-electron chi connectivity index (χ1n) is 11.7. The lowest BCUT2D eigenvalue weighted by molar-refractivity contribution is -0.138. The summed E-state index contributed by atoms with van der Waals surface area (Å²) in [6.45, 7) is 4.95. The van der Waals surface area contributed by atoms with Crippen LogP contribution < -0.4 is 11.1 Å². The maximum atomic E-state index is 13.6. The molecule has 4 amide bonds. The summed E-state index contributed by atoms with van der Waals surface area (Å²) in [7, 11) is 0. The van der Waals surface area contributed by atoms with Gasteiger partial charge in [0.1, 0.15) is 12.1 Å². The zero-order valence-electron chi connectivity index (χ0n) is 19.4. The highest BCUT2D eigenvalue weighted by Crippen LogP contribution is 2.29. The van der Waals surface area contributed by atoms with E-state index < -0.39 is 18.1 Å². The topological polar surface area (TPSA) is 95.7 Å². The van der Waals surface area contributed by atoms with Crippen molar-refractivity contribution >= 4 is 17.8 Å². The SMILES string of the molecule is CC[C@H](C)[C@H](C(=O)NCc1ccccc1)N1C(=O)[C@@H](CCCN)N(Cc2ccccc2)C1=O. The van der Waals surface area contributed by atoms with E-state index in [0.717, 1.165) is 11.1 Å². The number of imide groups is 1. The van der Waals surface area contributed by atoms with E-state index in [9.17, 15) is 14.4 Å². The summed E-state index contributed by atoms with van der Waals surface area (Å²) in [6.07, 6.45) is 1.76. The minimum Gasteiger partial charge on any atom is -0.350 e. The molecule has 0 unspecified atom stereocenters. The van der Waals surface area contributed by atoms with E-state index in [1.807, 2.05) is 74.5 Å². The second-order valence-electron chi connectivity index (χ2n) is 8.58. The molecule has 0 spiro atoms. The molecule has 7 heteroatoms. The monoisotopic (exact) mass is 450 g/mol.